The molecule has 0 radical (unpaired) electrons. The maximum absolute atomic E-state index is 6.90. The third-order valence-corrected chi connectivity index (χ3v) is 11.7. The van der Waals surface area contributed by atoms with E-state index in [1.54, 1.807) is 5.57 Å². The van der Waals surface area contributed by atoms with Gasteiger partial charge in [-0.1, -0.05) is 39.3 Å². The highest BCUT2D eigenvalue weighted by Crippen LogP contribution is 2.70. The molecule has 2 aliphatic heterocycles. The standard InChI is InChI=1S/C27H41ClO2/c1-16-7-12-27(29-15-16)17(2)24-23(30-27)14-22-20-6-5-18-13-19(28)8-10-25(18,3)21(20)9-11-26(22,24)4/h5,16-17,19-24H,6-15H2,1-4H3/t16-,17+,19-,20+,21-,22-,23-,24-,25+,26+,27-/m1/s1. The van der Waals surface area contributed by atoms with Crippen LogP contribution in [0.5, 0.6) is 0 Å². The lowest BCUT2D eigenvalue weighted by molar-refractivity contribution is -0.272. The van der Waals surface area contributed by atoms with Crippen LogP contribution in [0.3, 0.4) is 0 Å². The number of allylic oxidation sites excluding steroid dienone is 2. The first-order chi connectivity index (χ1) is 14.3. The highest BCUT2D eigenvalue weighted by Gasteiger charge is 2.68. The summed E-state index contributed by atoms with van der Waals surface area (Å²) >= 11 is 6.58. The van der Waals surface area contributed by atoms with Crippen molar-refractivity contribution in [1.82, 2.24) is 0 Å². The van der Waals surface area contributed by atoms with Crippen molar-refractivity contribution in [2.24, 2.45) is 46.3 Å². The smallest absolute Gasteiger partial charge is 0.171 e. The minimum atomic E-state index is -0.281. The Morgan fingerprint density at radius 1 is 1.03 bits per heavy atom. The molecule has 0 amide bonds. The predicted octanol–water partition coefficient (Wildman–Crippen LogP) is 6.96. The highest BCUT2D eigenvalue weighted by atomic mass is 35.5. The first kappa shape index (κ1) is 20.5. The fourth-order valence-corrected chi connectivity index (χ4v) is 9.91. The molecule has 6 rings (SSSR count). The molecule has 0 unspecified atom stereocenters. The molecule has 2 nitrogen and oxygen atoms in total. The van der Waals surface area contributed by atoms with Gasteiger partial charge in [-0.15, -0.1) is 11.6 Å². The molecule has 30 heavy (non-hydrogen) atoms. The average molecular weight is 433 g/mol. The second-order valence-electron chi connectivity index (χ2n) is 12.6. The van der Waals surface area contributed by atoms with Crippen molar-refractivity contribution < 1.29 is 9.47 Å². The summed E-state index contributed by atoms with van der Waals surface area (Å²) in [6.07, 6.45) is 14.4. The van der Waals surface area contributed by atoms with Crippen molar-refractivity contribution in [3.8, 4) is 0 Å². The topological polar surface area (TPSA) is 18.5 Å². The third kappa shape index (κ3) is 2.62. The van der Waals surface area contributed by atoms with Crippen molar-refractivity contribution >= 4 is 11.6 Å². The molecule has 2 saturated heterocycles. The molecular formula is C27H41ClO2. The minimum Gasteiger partial charge on any atom is -0.349 e. The van der Waals surface area contributed by atoms with Crippen molar-refractivity contribution in [2.45, 2.75) is 103 Å². The summed E-state index contributed by atoms with van der Waals surface area (Å²) < 4.78 is 13.4. The van der Waals surface area contributed by atoms with E-state index in [1.165, 1.54) is 44.9 Å². The fourth-order valence-electron chi connectivity index (χ4n) is 9.63. The van der Waals surface area contributed by atoms with Crippen molar-refractivity contribution in [1.29, 1.82) is 0 Å². The number of ether oxygens (including phenoxy) is 2. The number of halogens is 1. The monoisotopic (exact) mass is 432 g/mol. The molecule has 0 aromatic carbocycles. The second-order valence-corrected chi connectivity index (χ2v) is 13.2. The number of alkyl halides is 1. The van der Waals surface area contributed by atoms with Gasteiger partial charge in [-0.25, -0.2) is 0 Å². The largest absolute Gasteiger partial charge is 0.349 e. The van der Waals surface area contributed by atoms with Crippen LogP contribution >= 0.6 is 11.6 Å². The molecular weight excluding hydrogens is 392 g/mol. The first-order valence-electron chi connectivity index (χ1n) is 12.9. The predicted molar refractivity (Wildman–Crippen MR) is 121 cm³/mol. The van der Waals surface area contributed by atoms with Crippen LogP contribution in [-0.2, 0) is 9.47 Å². The second kappa shape index (κ2) is 6.73. The normalized spacial score (nSPS) is 59.8. The molecule has 0 N–H and O–H groups in total. The van der Waals surface area contributed by atoms with Crippen LogP contribution in [0.15, 0.2) is 11.6 Å². The van der Waals surface area contributed by atoms with E-state index in [9.17, 15) is 0 Å². The van der Waals surface area contributed by atoms with Gasteiger partial charge in [0.15, 0.2) is 5.79 Å². The Labute approximate surface area is 188 Å². The van der Waals surface area contributed by atoms with Gasteiger partial charge in [-0.3, -0.25) is 0 Å². The Hall–Kier alpha value is -0.0500. The zero-order valence-electron chi connectivity index (χ0n) is 19.5. The van der Waals surface area contributed by atoms with E-state index in [-0.39, 0.29) is 5.79 Å². The summed E-state index contributed by atoms with van der Waals surface area (Å²) in [6, 6.07) is 0. The molecule has 2 heterocycles. The van der Waals surface area contributed by atoms with Crippen LogP contribution in [0.4, 0.5) is 0 Å². The van der Waals surface area contributed by atoms with Crippen LogP contribution in [0.25, 0.3) is 0 Å². The number of rotatable bonds is 0. The summed E-state index contributed by atoms with van der Waals surface area (Å²) in [5.41, 5.74) is 2.53. The molecule has 5 fully saturated rings. The maximum atomic E-state index is 6.90. The summed E-state index contributed by atoms with van der Waals surface area (Å²) in [5.74, 6) is 4.11. The summed E-state index contributed by atoms with van der Waals surface area (Å²) in [6.45, 7) is 10.9. The Morgan fingerprint density at radius 2 is 1.87 bits per heavy atom. The number of hydrogen-bond acceptors (Lipinski definition) is 2. The van der Waals surface area contributed by atoms with Crippen LogP contribution < -0.4 is 0 Å². The fraction of sp³-hybridized carbons (Fsp3) is 0.926. The Kier molecular flexibility index (Phi) is 4.61. The summed E-state index contributed by atoms with van der Waals surface area (Å²) in [4.78, 5) is 0. The van der Waals surface area contributed by atoms with Crippen LogP contribution in [0, 0.1) is 46.3 Å². The highest BCUT2D eigenvalue weighted by molar-refractivity contribution is 6.20. The minimum absolute atomic E-state index is 0.281. The van der Waals surface area contributed by atoms with Crippen LogP contribution in [0.1, 0.15) is 85.5 Å². The molecule has 3 heteroatoms. The van der Waals surface area contributed by atoms with Gasteiger partial charge in [0.1, 0.15) is 0 Å². The Bertz CT molecular complexity index is 739. The van der Waals surface area contributed by atoms with Gasteiger partial charge >= 0.3 is 0 Å². The van der Waals surface area contributed by atoms with Gasteiger partial charge in [0.05, 0.1) is 12.7 Å². The summed E-state index contributed by atoms with van der Waals surface area (Å²) in [5, 5.41) is 0.365. The first-order valence-corrected chi connectivity index (χ1v) is 13.4. The SMILES string of the molecule is C[C@@H]1CC[C@@]2(OC1)O[C@@H]1C[C@@H]3[C@H]4CC=C5C[C@H](Cl)CC[C@]5(C)[C@@H]4CC[C@]3(C)[C@@H]1[C@@H]2C. The zero-order chi connectivity index (χ0) is 20.9. The summed E-state index contributed by atoms with van der Waals surface area (Å²) in [7, 11) is 0. The zero-order valence-corrected chi connectivity index (χ0v) is 20.2. The lowest BCUT2D eigenvalue weighted by Crippen LogP contribution is -2.52. The van der Waals surface area contributed by atoms with Crippen molar-refractivity contribution in [2.75, 3.05) is 6.61 Å². The molecule has 1 spiro atoms. The van der Waals surface area contributed by atoms with Crippen LogP contribution in [-0.4, -0.2) is 23.9 Å². The van der Waals surface area contributed by atoms with Gasteiger partial charge in [-0.2, -0.15) is 0 Å². The number of fused-ring (bicyclic) bond motifs is 7. The molecule has 4 aliphatic carbocycles. The lowest BCUT2D eigenvalue weighted by atomic mass is 9.47. The molecule has 11 atom stereocenters. The van der Waals surface area contributed by atoms with E-state index in [2.05, 4.69) is 33.8 Å². The van der Waals surface area contributed by atoms with Gasteiger partial charge < -0.3 is 9.47 Å². The van der Waals surface area contributed by atoms with Crippen LogP contribution in [0.2, 0.25) is 0 Å². The lowest BCUT2D eigenvalue weighted by Gasteiger charge is -2.58. The third-order valence-electron chi connectivity index (χ3n) is 11.3. The van der Waals surface area contributed by atoms with E-state index in [1.807, 2.05) is 0 Å². The molecule has 0 aromatic heterocycles. The number of hydrogen-bond donors (Lipinski definition) is 0. The van der Waals surface area contributed by atoms with E-state index >= 15 is 0 Å². The van der Waals surface area contributed by atoms with E-state index < -0.39 is 0 Å². The van der Waals surface area contributed by atoms with E-state index in [0.29, 0.717) is 40.1 Å². The Balaban J connectivity index is 1.28. The van der Waals surface area contributed by atoms with Gasteiger partial charge in [0.2, 0.25) is 0 Å². The molecule has 0 bridgehead atoms. The molecule has 6 aliphatic rings. The quantitative estimate of drug-likeness (QED) is 0.304. The van der Waals surface area contributed by atoms with Crippen molar-refractivity contribution in [3.63, 3.8) is 0 Å². The Morgan fingerprint density at radius 3 is 2.63 bits per heavy atom. The maximum Gasteiger partial charge on any atom is 0.171 e. The van der Waals surface area contributed by atoms with Crippen molar-refractivity contribution in [3.05, 3.63) is 11.6 Å². The van der Waals surface area contributed by atoms with Gasteiger partial charge in [-0.05, 0) is 91.8 Å². The van der Waals surface area contributed by atoms with E-state index in [0.717, 1.165) is 37.2 Å². The molecule has 168 valence electrons. The van der Waals surface area contributed by atoms with Gasteiger partial charge in [0, 0.05) is 17.7 Å². The average Bonchev–Trinajstić information content (AvgIpc) is 3.16. The molecule has 3 saturated carbocycles. The van der Waals surface area contributed by atoms with E-state index in [4.69, 9.17) is 21.1 Å². The molecule has 0 aromatic rings. The van der Waals surface area contributed by atoms with Gasteiger partial charge in [0.25, 0.3) is 0 Å².